The molecule has 0 aromatic heterocycles. The van der Waals surface area contributed by atoms with E-state index in [1.807, 2.05) is 24.3 Å². The van der Waals surface area contributed by atoms with Gasteiger partial charge in [0.25, 0.3) is 11.8 Å². The largest absolute Gasteiger partial charge is 0.399 e. The zero-order valence-corrected chi connectivity index (χ0v) is 14.1. The van der Waals surface area contributed by atoms with Crippen LogP contribution in [0.3, 0.4) is 0 Å². The van der Waals surface area contributed by atoms with E-state index in [2.05, 4.69) is 4.90 Å². The van der Waals surface area contributed by atoms with Gasteiger partial charge in [0.15, 0.2) is 0 Å². The first-order chi connectivity index (χ1) is 12.6. The fraction of sp³-hybridized carbons (Fsp3) is 0.143. The fourth-order valence-electron chi connectivity index (χ4n) is 3.77. The van der Waals surface area contributed by atoms with Crippen molar-refractivity contribution in [1.29, 1.82) is 0 Å². The Hall–Kier alpha value is -3.34. The molecule has 0 radical (unpaired) electrons. The molecule has 5 rings (SSSR count). The molecular weight excluding hydrogens is 326 g/mol. The molecule has 3 aromatic rings. The second kappa shape index (κ2) is 5.33. The molecule has 2 amide bonds. The topological polar surface area (TPSA) is 66.6 Å². The quantitative estimate of drug-likeness (QED) is 0.572. The minimum atomic E-state index is -0.293. The molecule has 5 heteroatoms. The van der Waals surface area contributed by atoms with Crippen LogP contribution in [-0.2, 0) is 0 Å². The maximum absolute atomic E-state index is 13.1. The lowest BCUT2D eigenvalue weighted by molar-refractivity contribution is 0.0893. The fourth-order valence-corrected chi connectivity index (χ4v) is 3.77. The Morgan fingerprint density at radius 3 is 2.15 bits per heavy atom. The lowest BCUT2D eigenvalue weighted by Crippen LogP contribution is -2.41. The van der Waals surface area contributed by atoms with Gasteiger partial charge in [-0.3, -0.25) is 9.59 Å². The van der Waals surface area contributed by atoms with Crippen LogP contribution in [0.4, 0.5) is 17.1 Å². The number of hydrogen-bond acceptors (Lipinski definition) is 4. The average molecular weight is 343 g/mol. The molecule has 0 atom stereocenters. The van der Waals surface area contributed by atoms with Crippen LogP contribution < -0.4 is 15.5 Å². The van der Waals surface area contributed by atoms with E-state index in [0.29, 0.717) is 22.5 Å². The summed E-state index contributed by atoms with van der Waals surface area (Å²) in [5.74, 6) is -0.586. The van der Waals surface area contributed by atoms with Crippen molar-refractivity contribution in [3.8, 4) is 0 Å². The molecule has 0 spiro atoms. The predicted octanol–water partition coefficient (Wildman–Crippen LogP) is 3.43. The smallest absolute Gasteiger partial charge is 0.265 e. The molecule has 1 fully saturated rings. The van der Waals surface area contributed by atoms with Crippen molar-refractivity contribution in [1.82, 2.24) is 0 Å². The van der Waals surface area contributed by atoms with E-state index in [1.54, 1.807) is 30.3 Å². The van der Waals surface area contributed by atoms with E-state index in [4.69, 9.17) is 5.73 Å². The van der Waals surface area contributed by atoms with Crippen LogP contribution in [0.25, 0.3) is 10.8 Å². The molecule has 3 aromatic carbocycles. The van der Waals surface area contributed by atoms with E-state index in [-0.39, 0.29) is 11.8 Å². The predicted molar refractivity (Wildman–Crippen MR) is 103 cm³/mol. The monoisotopic (exact) mass is 343 g/mol. The Labute approximate surface area is 150 Å². The normalized spacial score (nSPS) is 16.2. The molecule has 0 bridgehead atoms. The van der Waals surface area contributed by atoms with Gasteiger partial charge in [0, 0.05) is 46.4 Å². The highest BCUT2D eigenvalue weighted by atomic mass is 16.2. The van der Waals surface area contributed by atoms with E-state index in [9.17, 15) is 9.59 Å². The summed E-state index contributed by atoms with van der Waals surface area (Å²) in [5.41, 5.74) is 9.08. The SMILES string of the molecule is Nc1ccc(N2C(=O)c3cccc4c(N5CCC5)ccc(c34)C2=O)cc1. The maximum atomic E-state index is 13.1. The third-order valence-corrected chi connectivity index (χ3v) is 5.23. The highest BCUT2D eigenvalue weighted by Gasteiger charge is 2.35. The summed E-state index contributed by atoms with van der Waals surface area (Å²) >= 11 is 0. The Bertz CT molecular complexity index is 1050. The average Bonchev–Trinajstić information content (AvgIpc) is 2.61. The van der Waals surface area contributed by atoms with E-state index in [1.165, 1.54) is 11.3 Å². The number of carbonyl (C=O) groups excluding carboxylic acids is 2. The number of rotatable bonds is 2. The number of carbonyl (C=O) groups is 2. The second-order valence-corrected chi connectivity index (χ2v) is 6.74. The summed E-state index contributed by atoms with van der Waals surface area (Å²) in [6.45, 7) is 2.02. The van der Waals surface area contributed by atoms with Crippen molar-refractivity contribution in [3.63, 3.8) is 0 Å². The first-order valence-electron chi connectivity index (χ1n) is 8.70. The van der Waals surface area contributed by atoms with Crippen molar-refractivity contribution < 1.29 is 9.59 Å². The molecule has 0 saturated carbocycles. The molecule has 2 aliphatic heterocycles. The van der Waals surface area contributed by atoms with Crippen molar-refractivity contribution in [2.24, 2.45) is 0 Å². The third-order valence-electron chi connectivity index (χ3n) is 5.23. The highest BCUT2D eigenvalue weighted by Crippen LogP contribution is 2.38. The molecule has 26 heavy (non-hydrogen) atoms. The first kappa shape index (κ1) is 15.0. The molecule has 2 N–H and O–H groups in total. The summed E-state index contributed by atoms with van der Waals surface area (Å²) in [4.78, 5) is 29.8. The lowest BCUT2D eigenvalue weighted by Gasteiger charge is -2.35. The van der Waals surface area contributed by atoms with E-state index >= 15 is 0 Å². The summed E-state index contributed by atoms with van der Waals surface area (Å²) in [6.07, 6.45) is 1.17. The van der Waals surface area contributed by atoms with Gasteiger partial charge < -0.3 is 10.6 Å². The van der Waals surface area contributed by atoms with Gasteiger partial charge in [-0.2, -0.15) is 0 Å². The summed E-state index contributed by atoms with van der Waals surface area (Å²) in [7, 11) is 0. The maximum Gasteiger partial charge on any atom is 0.265 e. The number of amides is 2. The molecule has 0 aliphatic carbocycles. The number of anilines is 3. The zero-order valence-electron chi connectivity index (χ0n) is 14.1. The molecule has 5 nitrogen and oxygen atoms in total. The van der Waals surface area contributed by atoms with Gasteiger partial charge in [0.2, 0.25) is 0 Å². The Morgan fingerprint density at radius 1 is 0.808 bits per heavy atom. The highest BCUT2D eigenvalue weighted by molar-refractivity contribution is 6.36. The van der Waals surface area contributed by atoms with E-state index < -0.39 is 0 Å². The number of hydrogen-bond donors (Lipinski definition) is 1. The Kier molecular flexibility index (Phi) is 3.06. The minimum Gasteiger partial charge on any atom is -0.399 e. The van der Waals surface area contributed by atoms with Crippen LogP contribution in [0.15, 0.2) is 54.6 Å². The van der Waals surface area contributed by atoms with Gasteiger partial charge in [-0.1, -0.05) is 12.1 Å². The summed E-state index contributed by atoms with van der Waals surface area (Å²) in [5, 5.41) is 1.73. The molecule has 2 aliphatic rings. The van der Waals surface area contributed by atoms with Crippen LogP contribution in [0, 0.1) is 0 Å². The molecule has 2 heterocycles. The second-order valence-electron chi connectivity index (χ2n) is 6.74. The molecule has 1 saturated heterocycles. The number of nitrogen functional groups attached to an aromatic ring is 1. The van der Waals surface area contributed by atoms with Crippen LogP contribution in [0.2, 0.25) is 0 Å². The lowest BCUT2D eigenvalue weighted by atomic mass is 9.92. The van der Waals surface area contributed by atoms with Gasteiger partial charge >= 0.3 is 0 Å². The number of benzene rings is 3. The van der Waals surface area contributed by atoms with Crippen molar-refractivity contribution in [2.45, 2.75) is 6.42 Å². The van der Waals surface area contributed by atoms with Crippen LogP contribution in [-0.4, -0.2) is 24.9 Å². The number of nitrogens with zero attached hydrogens (tertiary/aromatic N) is 2. The molecule has 0 unspecified atom stereocenters. The van der Waals surface area contributed by atoms with Crippen molar-refractivity contribution >= 4 is 39.6 Å². The number of nitrogens with two attached hydrogens (primary N) is 1. The third kappa shape index (κ3) is 1.97. The van der Waals surface area contributed by atoms with Crippen LogP contribution in [0.1, 0.15) is 27.1 Å². The Morgan fingerprint density at radius 2 is 1.50 bits per heavy atom. The van der Waals surface area contributed by atoms with E-state index in [0.717, 1.165) is 29.5 Å². The summed E-state index contributed by atoms with van der Waals surface area (Å²) in [6, 6.07) is 16.3. The van der Waals surface area contributed by atoms with Crippen molar-refractivity contribution in [2.75, 3.05) is 28.6 Å². The molecular formula is C21H17N3O2. The van der Waals surface area contributed by atoms with Gasteiger partial charge in [-0.25, -0.2) is 4.90 Å². The van der Waals surface area contributed by atoms with Gasteiger partial charge in [-0.15, -0.1) is 0 Å². The van der Waals surface area contributed by atoms with Crippen molar-refractivity contribution in [3.05, 3.63) is 65.7 Å². The number of imide groups is 1. The summed E-state index contributed by atoms with van der Waals surface area (Å²) < 4.78 is 0. The van der Waals surface area contributed by atoms with Gasteiger partial charge in [0.05, 0.1) is 5.69 Å². The minimum absolute atomic E-state index is 0.293. The Balaban J connectivity index is 1.72. The first-order valence-corrected chi connectivity index (χ1v) is 8.70. The molecule has 128 valence electrons. The van der Waals surface area contributed by atoms with Crippen LogP contribution in [0.5, 0.6) is 0 Å². The van der Waals surface area contributed by atoms with Gasteiger partial charge in [0.1, 0.15) is 0 Å². The van der Waals surface area contributed by atoms with Crippen LogP contribution >= 0.6 is 0 Å². The standard InChI is InChI=1S/C21H17N3O2/c22-13-5-7-14(8-6-13)24-20(25)16-4-1-3-15-18(23-11-2-12-23)10-9-17(19(15)16)21(24)26/h1,3-10H,2,11-12,22H2. The zero-order chi connectivity index (χ0) is 17.8. The van der Waals surface area contributed by atoms with Gasteiger partial charge in [-0.05, 0) is 48.9 Å².